The predicted octanol–water partition coefficient (Wildman–Crippen LogP) is 4.40. The molecule has 0 spiro atoms. The number of nitrogens with zero attached hydrogens (tertiary/aromatic N) is 1. The summed E-state index contributed by atoms with van der Waals surface area (Å²) >= 11 is 17.8. The molecule has 106 valence electrons. The van der Waals surface area contributed by atoms with E-state index in [0.29, 0.717) is 22.4 Å². The molecule has 0 radical (unpaired) electrons. The summed E-state index contributed by atoms with van der Waals surface area (Å²) in [5, 5.41) is 13.9. The maximum absolute atomic E-state index is 9.65. The largest absolute Gasteiger partial charge is 0.396 e. The van der Waals surface area contributed by atoms with Gasteiger partial charge in [-0.3, -0.25) is 0 Å². The lowest BCUT2D eigenvalue weighted by Gasteiger charge is -2.35. The van der Waals surface area contributed by atoms with Crippen LogP contribution >= 0.6 is 34.8 Å². The molecule has 2 N–H and O–H groups in total. The molecule has 3 nitrogen and oxygen atoms in total. The van der Waals surface area contributed by atoms with Gasteiger partial charge in [-0.05, 0) is 18.9 Å². The van der Waals surface area contributed by atoms with Crippen molar-refractivity contribution in [2.24, 2.45) is 5.41 Å². The summed E-state index contributed by atoms with van der Waals surface area (Å²) in [5.74, 6) is 0.523. The highest BCUT2D eigenvalue weighted by Gasteiger charge is 2.31. The molecule has 0 atom stereocenters. The molecule has 0 bridgehead atoms. The summed E-state index contributed by atoms with van der Waals surface area (Å²) in [6.45, 7) is 0.827. The SMILES string of the molecule is OCC1(CNc2nc(Cl)c(Cl)cc2Cl)CCCCC1. The Balaban J connectivity index is 2.07. The Hall–Kier alpha value is -0.220. The molecule has 0 unspecified atom stereocenters. The minimum Gasteiger partial charge on any atom is -0.396 e. The summed E-state index contributed by atoms with van der Waals surface area (Å²) in [7, 11) is 0. The number of aromatic nitrogens is 1. The number of anilines is 1. The fourth-order valence-corrected chi connectivity index (χ4v) is 3.10. The third kappa shape index (κ3) is 3.66. The number of halogens is 3. The summed E-state index contributed by atoms with van der Waals surface area (Å²) in [4.78, 5) is 4.13. The fraction of sp³-hybridized carbons (Fsp3) is 0.615. The van der Waals surface area contributed by atoms with E-state index < -0.39 is 0 Å². The lowest BCUT2D eigenvalue weighted by molar-refractivity contribution is 0.0943. The van der Waals surface area contributed by atoms with Crippen molar-refractivity contribution >= 4 is 40.6 Å². The van der Waals surface area contributed by atoms with E-state index in [1.54, 1.807) is 6.07 Å². The second-order valence-corrected chi connectivity index (χ2v) is 6.34. The van der Waals surface area contributed by atoms with Crippen LogP contribution in [-0.2, 0) is 0 Å². The van der Waals surface area contributed by atoms with Crippen molar-refractivity contribution in [2.45, 2.75) is 32.1 Å². The second kappa shape index (κ2) is 6.49. The summed E-state index contributed by atoms with van der Waals surface area (Å²) in [6.07, 6.45) is 5.61. The zero-order valence-electron chi connectivity index (χ0n) is 10.6. The highest BCUT2D eigenvalue weighted by atomic mass is 35.5. The number of pyridine rings is 1. The van der Waals surface area contributed by atoms with Crippen LogP contribution in [-0.4, -0.2) is 23.2 Å². The van der Waals surface area contributed by atoms with Crippen molar-refractivity contribution in [3.8, 4) is 0 Å². The van der Waals surface area contributed by atoms with Gasteiger partial charge in [-0.1, -0.05) is 54.1 Å². The van der Waals surface area contributed by atoms with E-state index in [1.807, 2.05) is 0 Å². The van der Waals surface area contributed by atoms with E-state index in [0.717, 1.165) is 25.7 Å². The maximum Gasteiger partial charge on any atom is 0.150 e. The first-order chi connectivity index (χ1) is 9.06. The zero-order chi connectivity index (χ0) is 13.9. The van der Waals surface area contributed by atoms with Gasteiger partial charge in [0.25, 0.3) is 0 Å². The summed E-state index contributed by atoms with van der Waals surface area (Å²) in [5.41, 5.74) is -0.0740. The second-order valence-electron chi connectivity index (χ2n) is 5.16. The molecule has 1 saturated carbocycles. The van der Waals surface area contributed by atoms with Crippen molar-refractivity contribution in [3.63, 3.8) is 0 Å². The highest BCUT2D eigenvalue weighted by Crippen LogP contribution is 2.37. The average molecular weight is 324 g/mol. The number of hydrogen-bond donors (Lipinski definition) is 2. The first-order valence-electron chi connectivity index (χ1n) is 6.43. The van der Waals surface area contributed by atoms with E-state index >= 15 is 0 Å². The minimum absolute atomic E-state index is 0.0740. The van der Waals surface area contributed by atoms with Crippen LogP contribution in [0.2, 0.25) is 15.2 Å². The van der Waals surface area contributed by atoms with E-state index in [4.69, 9.17) is 34.8 Å². The Bertz CT molecular complexity index is 448. The van der Waals surface area contributed by atoms with Crippen LogP contribution in [0.5, 0.6) is 0 Å². The number of nitrogens with one attached hydrogen (secondary N) is 1. The van der Waals surface area contributed by atoms with Gasteiger partial charge >= 0.3 is 0 Å². The average Bonchev–Trinajstić information content (AvgIpc) is 2.42. The Morgan fingerprint density at radius 1 is 1.16 bits per heavy atom. The third-order valence-electron chi connectivity index (χ3n) is 3.77. The van der Waals surface area contributed by atoms with Crippen molar-refractivity contribution in [3.05, 3.63) is 21.3 Å². The molecular formula is C13H17Cl3N2O. The third-order valence-corrected chi connectivity index (χ3v) is 4.73. The van der Waals surface area contributed by atoms with Crippen molar-refractivity contribution in [2.75, 3.05) is 18.5 Å². The van der Waals surface area contributed by atoms with Gasteiger partial charge in [0.05, 0.1) is 16.7 Å². The molecule has 0 aliphatic heterocycles. The van der Waals surface area contributed by atoms with E-state index in [-0.39, 0.29) is 17.2 Å². The molecule has 2 rings (SSSR count). The number of aliphatic hydroxyl groups excluding tert-OH is 1. The zero-order valence-corrected chi connectivity index (χ0v) is 12.8. The van der Waals surface area contributed by atoms with E-state index in [2.05, 4.69) is 10.3 Å². The molecule has 1 aromatic heterocycles. The monoisotopic (exact) mass is 322 g/mol. The maximum atomic E-state index is 9.65. The van der Waals surface area contributed by atoms with Gasteiger partial charge in [0.1, 0.15) is 11.0 Å². The van der Waals surface area contributed by atoms with Gasteiger partial charge in [0.15, 0.2) is 0 Å². The Morgan fingerprint density at radius 3 is 2.47 bits per heavy atom. The van der Waals surface area contributed by atoms with Crippen LogP contribution in [0.4, 0.5) is 5.82 Å². The van der Waals surface area contributed by atoms with Crippen LogP contribution in [0.3, 0.4) is 0 Å². The molecule has 1 aliphatic rings. The molecule has 0 amide bonds. The van der Waals surface area contributed by atoms with Gasteiger partial charge < -0.3 is 10.4 Å². The highest BCUT2D eigenvalue weighted by molar-refractivity contribution is 6.42. The number of rotatable bonds is 4. The molecule has 0 saturated heterocycles. The fourth-order valence-electron chi connectivity index (χ4n) is 2.53. The molecule has 1 heterocycles. The minimum atomic E-state index is -0.0740. The van der Waals surface area contributed by atoms with Crippen molar-refractivity contribution < 1.29 is 5.11 Å². The predicted molar refractivity (Wildman–Crippen MR) is 80.4 cm³/mol. The summed E-state index contributed by atoms with van der Waals surface area (Å²) in [6, 6.07) is 1.58. The smallest absolute Gasteiger partial charge is 0.150 e. The topological polar surface area (TPSA) is 45.1 Å². The molecule has 0 aromatic carbocycles. The number of aliphatic hydroxyl groups is 1. The van der Waals surface area contributed by atoms with Crippen LogP contribution in [0.15, 0.2) is 6.07 Å². The molecule has 1 aromatic rings. The first kappa shape index (κ1) is 15.2. The van der Waals surface area contributed by atoms with Crippen LogP contribution < -0.4 is 5.32 Å². The van der Waals surface area contributed by atoms with Crippen molar-refractivity contribution in [1.29, 1.82) is 0 Å². The Labute approximate surface area is 128 Å². The van der Waals surface area contributed by atoms with Gasteiger partial charge in [-0.15, -0.1) is 0 Å². The van der Waals surface area contributed by atoms with Crippen molar-refractivity contribution in [1.82, 2.24) is 4.98 Å². The number of hydrogen-bond acceptors (Lipinski definition) is 3. The van der Waals surface area contributed by atoms with Gasteiger partial charge in [-0.25, -0.2) is 4.98 Å². The first-order valence-corrected chi connectivity index (χ1v) is 7.56. The quantitative estimate of drug-likeness (QED) is 0.807. The molecule has 1 fully saturated rings. The van der Waals surface area contributed by atoms with E-state index in [9.17, 15) is 5.11 Å². The summed E-state index contributed by atoms with van der Waals surface area (Å²) < 4.78 is 0. The molecular weight excluding hydrogens is 307 g/mol. The lowest BCUT2D eigenvalue weighted by Crippen LogP contribution is -2.35. The van der Waals surface area contributed by atoms with Gasteiger partial charge in [-0.2, -0.15) is 0 Å². The Morgan fingerprint density at radius 2 is 1.84 bits per heavy atom. The van der Waals surface area contributed by atoms with Crippen LogP contribution in [0.25, 0.3) is 0 Å². The van der Waals surface area contributed by atoms with Crippen LogP contribution in [0.1, 0.15) is 32.1 Å². The molecule has 1 aliphatic carbocycles. The van der Waals surface area contributed by atoms with E-state index in [1.165, 1.54) is 6.42 Å². The van der Waals surface area contributed by atoms with Gasteiger partial charge in [0.2, 0.25) is 0 Å². The molecule has 6 heteroatoms. The molecule has 19 heavy (non-hydrogen) atoms. The van der Waals surface area contributed by atoms with Crippen LogP contribution in [0, 0.1) is 5.41 Å². The van der Waals surface area contributed by atoms with Gasteiger partial charge in [0, 0.05) is 12.0 Å². The standard InChI is InChI=1S/C13H17Cl3N2O/c14-9-6-10(15)12(18-11(9)16)17-7-13(8-19)4-2-1-3-5-13/h6,19H,1-5,7-8H2,(H,17,18). The Kier molecular flexibility index (Phi) is 5.18. The lowest BCUT2D eigenvalue weighted by atomic mass is 9.74. The normalized spacial score (nSPS) is 18.3.